The van der Waals surface area contributed by atoms with Crippen LogP contribution in [0.3, 0.4) is 0 Å². The molecule has 0 aromatic heterocycles. The summed E-state index contributed by atoms with van der Waals surface area (Å²) in [5.74, 6) is 0.856. The maximum Gasteiger partial charge on any atom is 0.412 e. The van der Waals surface area contributed by atoms with Crippen LogP contribution in [0.5, 0.6) is 0 Å². The molecule has 0 N–H and O–H groups in total. The molecule has 1 amide bonds. The molecule has 0 radical (unpaired) electrons. The number of rotatable bonds is 1. The van der Waals surface area contributed by atoms with E-state index in [4.69, 9.17) is 14.5 Å². The Labute approximate surface area is 146 Å². The summed E-state index contributed by atoms with van der Waals surface area (Å²) >= 11 is 0. The van der Waals surface area contributed by atoms with Crippen LogP contribution in [0.25, 0.3) is 0 Å². The predicted molar refractivity (Wildman–Crippen MR) is 96.0 cm³/mol. The van der Waals surface area contributed by atoms with Crippen molar-refractivity contribution >= 4 is 12.0 Å². The van der Waals surface area contributed by atoms with Gasteiger partial charge in [0.25, 0.3) is 0 Å². The summed E-state index contributed by atoms with van der Waals surface area (Å²) in [6, 6.07) is -0.189. The minimum Gasteiger partial charge on any atom is -0.483 e. The van der Waals surface area contributed by atoms with Crippen LogP contribution in [0, 0.1) is 11.3 Å². The van der Waals surface area contributed by atoms with Gasteiger partial charge in [0, 0.05) is 11.3 Å². The third-order valence-electron chi connectivity index (χ3n) is 4.35. The number of carbonyl (C=O) groups is 1. The van der Waals surface area contributed by atoms with Gasteiger partial charge in [-0.2, -0.15) is 0 Å². The van der Waals surface area contributed by atoms with Gasteiger partial charge in [0.2, 0.25) is 5.90 Å². The summed E-state index contributed by atoms with van der Waals surface area (Å²) in [5.41, 5.74) is -0.740. The van der Waals surface area contributed by atoms with E-state index >= 15 is 0 Å². The van der Waals surface area contributed by atoms with Crippen LogP contribution < -0.4 is 0 Å². The number of allylic oxidation sites excluding steroid dienone is 1. The van der Waals surface area contributed by atoms with Gasteiger partial charge < -0.3 is 9.47 Å². The van der Waals surface area contributed by atoms with E-state index in [1.807, 2.05) is 20.8 Å². The molecular weight excluding hydrogens is 304 g/mol. The number of aliphatic imine (C=N–C) groups is 1. The standard InChI is InChI=1S/C19H32N2O3/c1-18(2,3)16-20-15(23-7)14(13-11-9-8-10-12-13)21(16)17(22)24-19(4,5)6/h9,11,13-14,16H,8,10,12H2,1-7H3/t13?,14-,16-/m0/s1. The van der Waals surface area contributed by atoms with Crippen LogP contribution >= 0.6 is 0 Å². The molecule has 24 heavy (non-hydrogen) atoms. The van der Waals surface area contributed by atoms with E-state index in [0.29, 0.717) is 5.90 Å². The zero-order valence-corrected chi connectivity index (χ0v) is 16.1. The van der Waals surface area contributed by atoms with Crippen molar-refractivity contribution < 1.29 is 14.3 Å². The van der Waals surface area contributed by atoms with Crippen molar-refractivity contribution in [3.8, 4) is 0 Å². The van der Waals surface area contributed by atoms with Crippen LogP contribution in [0.1, 0.15) is 60.8 Å². The maximum atomic E-state index is 13.0. The van der Waals surface area contributed by atoms with Crippen molar-refractivity contribution in [3.63, 3.8) is 0 Å². The molecule has 0 saturated heterocycles. The molecule has 0 fully saturated rings. The Morgan fingerprint density at radius 2 is 1.92 bits per heavy atom. The van der Waals surface area contributed by atoms with Crippen LogP contribution in [-0.2, 0) is 9.47 Å². The summed E-state index contributed by atoms with van der Waals surface area (Å²) in [6.45, 7) is 11.9. The molecule has 1 aliphatic carbocycles. The highest BCUT2D eigenvalue weighted by Crippen LogP contribution is 2.38. The van der Waals surface area contributed by atoms with Gasteiger partial charge >= 0.3 is 6.09 Å². The highest BCUT2D eigenvalue weighted by Gasteiger charge is 2.49. The third kappa shape index (κ3) is 4.11. The topological polar surface area (TPSA) is 51.1 Å². The molecular formula is C19H32N2O3. The van der Waals surface area contributed by atoms with Crippen molar-refractivity contribution in [2.24, 2.45) is 16.3 Å². The molecule has 3 atom stereocenters. The van der Waals surface area contributed by atoms with Gasteiger partial charge in [0.15, 0.2) is 0 Å². The van der Waals surface area contributed by atoms with Gasteiger partial charge in [-0.3, -0.25) is 4.90 Å². The summed E-state index contributed by atoms with van der Waals surface area (Å²) in [5, 5.41) is 0. The number of hydrogen-bond donors (Lipinski definition) is 0. The fourth-order valence-electron chi connectivity index (χ4n) is 3.33. The largest absolute Gasteiger partial charge is 0.483 e. The van der Waals surface area contributed by atoms with Crippen LogP contribution in [0.2, 0.25) is 0 Å². The molecule has 1 aliphatic heterocycles. The van der Waals surface area contributed by atoms with Gasteiger partial charge in [0.1, 0.15) is 17.8 Å². The van der Waals surface area contributed by atoms with Gasteiger partial charge in [-0.05, 0) is 40.0 Å². The predicted octanol–water partition coefficient (Wildman–Crippen LogP) is 4.38. The van der Waals surface area contributed by atoms with Crippen molar-refractivity contribution in [1.29, 1.82) is 0 Å². The molecule has 0 aromatic carbocycles. The zero-order chi connectivity index (χ0) is 18.1. The number of nitrogens with zero attached hydrogens (tertiary/aromatic N) is 2. The fourth-order valence-corrected chi connectivity index (χ4v) is 3.33. The van der Waals surface area contributed by atoms with Crippen molar-refractivity contribution in [2.75, 3.05) is 7.11 Å². The van der Waals surface area contributed by atoms with E-state index < -0.39 is 5.60 Å². The van der Waals surface area contributed by atoms with Gasteiger partial charge in [-0.25, -0.2) is 9.79 Å². The van der Waals surface area contributed by atoms with E-state index in [0.717, 1.165) is 19.3 Å². The van der Waals surface area contributed by atoms with E-state index in [2.05, 4.69) is 32.9 Å². The molecule has 5 nitrogen and oxygen atoms in total. The van der Waals surface area contributed by atoms with Crippen LogP contribution in [-0.4, -0.2) is 41.8 Å². The first kappa shape index (κ1) is 18.8. The molecule has 0 spiro atoms. The molecule has 0 aromatic rings. The average molecular weight is 336 g/mol. The van der Waals surface area contributed by atoms with E-state index in [1.54, 1.807) is 12.0 Å². The van der Waals surface area contributed by atoms with E-state index in [9.17, 15) is 4.79 Å². The first-order chi connectivity index (χ1) is 11.0. The normalized spacial score (nSPS) is 27.9. The minimum absolute atomic E-state index is 0.189. The van der Waals surface area contributed by atoms with Gasteiger partial charge in [-0.15, -0.1) is 0 Å². The highest BCUT2D eigenvalue weighted by molar-refractivity contribution is 5.89. The zero-order valence-electron chi connectivity index (χ0n) is 16.1. The summed E-state index contributed by atoms with van der Waals surface area (Å²) < 4.78 is 11.3. The molecule has 1 unspecified atom stereocenters. The maximum absolute atomic E-state index is 13.0. The Bertz CT molecular complexity index is 526. The lowest BCUT2D eigenvalue weighted by Gasteiger charge is -2.39. The average Bonchev–Trinajstić information content (AvgIpc) is 2.86. The Morgan fingerprint density at radius 3 is 2.38 bits per heavy atom. The Morgan fingerprint density at radius 1 is 1.25 bits per heavy atom. The first-order valence-electron chi connectivity index (χ1n) is 8.84. The lowest BCUT2D eigenvalue weighted by molar-refractivity contribution is -0.00229. The number of hydrogen-bond acceptors (Lipinski definition) is 4. The molecule has 5 heteroatoms. The second-order valence-electron chi connectivity index (χ2n) is 8.77. The van der Waals surface area contributed by atoms with Gasteiger partial charge in [0.05, 0.1) is 7.11 Å². The van der Waals surface area contributed by atoms with Crippen molar-refractivity contribution in [1.82, 2.24) is 4.90 Å². The molecule has 2 rings (SSSR count). The highest BCUT2D eigenvalue weighted by atomic mass is 16.6. The summed E-state index contributed by atoms with van der Waals surface area (Å²) in [4.78, 5) is 19.5. The number of carbonyl (C=O) groups excluding carboxylic acids is 1. The number of methoxy groups -OCH3 is 1. The SMILES string of the molecule is COC1=N[C@H](C(C)(C)C)N(C(=O)OC(C)(C)C)[C@H]1C1C=CCCC1. The minimum atomic E-state index is -0.539. The third-order valence-corrected chi connectivity index (χ3v) is 4.35. The summed E-state index contributed by atoms with van der Waals surface area (Å²) in [6.07, 6.45) is 7.03. The van der Waals surface area contributed by atoms with Gasteiger partial charge in [-0.1, -0.05) is 32.9 Å². The summed E-state index contributed by atoms with van der Waals surface area (Å²) in [7, 11) is 1.64. The Kier molecular flexibility index (Phi) is 5.31. The number of ether oxygens (including phenoxy) is 2. The van der Waals surface area contributed by atoms with Crippen molar-refractivity contribution in [2.45, 2.75) is 78.6 Å². The smallest absolute Gasteiger partial charge is 0.412 e. The fraction of sp³-hybridized carbons (Fsp3) is 0.789. The second kappa shape index (κ2) is 6.77. The Hall–Kier alpha value is -1.52. The lowest BCUT2D eigenvalue weighted by Crippen LogP contribution is -2.53. The van der Waals surface area contributed by atoms with E-state index in [-0.39, 0.29) is 29.6 Å². The lowest BCUT2D eigenvalue weighted by atomic mass is 9.87. The van der Waals surface area contributed by atoms with Crippen molar-refractivity contribution in [3.05, 3.63) is 12.2 Å². The Balaban J connectivity index is 2.39. The second-order valence-corrected chi connectivity index (χ2v) is 8.77. The van der Waals surface area contributed by atoms with Crippen LogP contribution in [0.4, 0.5) is 4.79 Å². The first-order valence-corrected chi connectivity index (χ1v) is 8.84. The van der Waals surface area contributed by atoms with Crippen LogP contribution in [0.15, 0.2) is 17.1 Å². The van der Waals surface area contributed by atoms with E-state index in [1.165, 1.54) is 0 Å². The monoisotopic (exact) mass is 336 g/mol. The molecule has 2 aliphatic rings. The molecule has 0 bridgehead atoms. The molecule has 0 saturated carbocycles. The molecule has 136 valence electrons. The number of amides is 1. The molecule has 1 heterocycles. The quantitative estimate of drug-likeness (QED) is 0.668.